The fourth-order valence-electron chi connectivity index (χ4n) is 3.81. The van der Waals surface area contributed by atoms with Gasteiger partial charge in [0.1, 0.15) is 6.54 Å². The summed E-state index contributed by atoms with van der Waals surface area (Å²) >= 11 is 0. The van der Waals surface area contributed by atoms with Gasteiger partial charge in [-0.15, -0.1) is 0 Å². The van der Waals surface area contributed by atoms with Crippen molar-refractivity contribution < 1.29 is 18.1 Å². The van der Waals surface area contributed by atoms with Crippen molar-refractivity contribution in [1.82, 2.24) is 4.31 Å². The lowest BCUT2D eigenvalue weighted by atomic mass is 10.0. The van der Waals surface area contributed by atoms with Gasteiger partial charge in [-0.2, -0.15) is 4.31 Å². The van der Waals surface area contributed by atoms with Gasteiger partial charge in [0.2, 0.25) is 15.9 Å². The predicted octanol–water partition coefficient (Wildman–Crippen LogP) is 0.832. The Hall–Kier alpha value is -2.22. The molecule has 2 aromatic carbocycles. The van der Waals surface area contributed by atoms with Crippen LogP contribution in [-0.4, -0.2) is 44.8 Å². The average molecular weight is 386 g/mol. The number of nitrogens with zero attached hydrogens (tertiary/aromatic N) is 1. The van der Waals surface area contributed by atoms with E-state index in [0.29, 0.717) is 18.8 Å². The maximum Gasteiger partial charge on any atom is 0.243 e. The number of rotatable bonds is 4. The van der Waals surface area contributed by atoms with Crippen molar-refractivity contribution >= 4 is 21.6 Å². The highest BCUT2D eigenvalue weighted by Crippen LogP contribution is 2.34. The van der Waals surface area contributed by atoms with Crippen molar-refractivity contribution in [2.75, 3.05) is 31.5 Å². The van der Waals surface area contributed by atoms with Crippen LogP contribution < -0.4 is 10.2 Å². The summed E-state index contributed by atoms with van der Waals surface area (Å²) in [6.07, 6.45) is 0. The molecule has 1 amide bonds. The van der Waals surface area contributed by atoms with E-state index in [-0.39, 0.29) is 16.7 Å². The van der Waals surface area contributed by atoms with E-state index in [1.807, 2.05) is 18.2 Å². The van der Waals surface area contributed by atoms with E-state index in [0.717, 1.165) is 25.2 Å². The van der Waals surface area contributed by atoms with Gasteiger partial charge in [0.15, 0.2) is 0 Å². The van der Waals surface area contributed by atoms with Gasteiger partial charge in [0.05, 0.1) is 37.0 Å². The summed E-state index contributed by atoms with van der Waals surface area (Å²) in [6, 6.07) is 15.2. The zero-order chi connectivity index (χ0) is 19.0. The van der Waals surface area contributed by atoms with Gasteiger partial charge in [0, 0.05) is 11.3 Å². The van der Waals surface area contributed by atoms with Crippen LogP contribution in [0.3, 0.4) is 0 Å². The fourth-order valence-corrected chi connectivity index (χ4v) is 5.29. The second-order valence-electron chi connectivity index (χ2n) is 7.28. The number of anilines is 1. The number of benzene rings is 2. The number of hydrogen-bond acceptors (Lipinski definition) is 3. The highest BCUT2D eigenvalue weighted by atomic mass is 32.2. The molecule has 0 saturated carbocycles. The van der Waals surface area contributed by atoms with Crippen LogP contribution in [0.1, 0.15) is 24.0 Å². The molecule has 0 bridgehead atoms. The Labute approximate surface area is 159 Å². The van der Waals surface area contributed by atoms with Gasteiger partial charge in [-0.25, -0.2) is 8.42 Å². The molecule has 2 heterocycles. The lowest BCUT2D eigenvalue weighted by Gasteiger charge is -2.31. The Kier molecular flexibility index (Phi) is 4.75. The Morgan fingerprint density at radius 3 is 2.52 bits per heavy atom. The third-order valence-electron chi connectivity index (χ3n) is 5.50. The number of hydrogen-bond donors (Lipinski definition) is 2. The molecule has 1 atom stereocenters. The first-order valence-corrected chi connectivity index (χ1v) is 10.7. The second kappa shape index (κ2) is 7.07. The maximum absolute atomic E-state index is 13.1. The molecule has 2 aliphatic rings. The smallest absolute Gasteiger partial charge is 0.243 e. The molecule has 0 radical (unpaired) electrons. The molecule has 27 heavy (non-hydrogen) atoms. The molecule has 0 unspecified atom stereocenters. The van der Waals surface area contributed by atoms with Crippen LogP contribution in [0.5, 0.6) is 0 Å². The Balaban J connectivity index is 1.46. The lowest BCUT2D eigenvalue weighted by Crippen LogP contribution is -3.13. The molecule has 2 N–H and O–H groups in total. The van der Waals surface area contributed by atoms with Crippen LogP contribution in [0.4, 0.5) is 5.69 Å². The van der Waals surface area contributed by atoms with Crippen LogP contribution in [0.25, 0.3) is 0 Å². The summed E-state index contributed by atoms with van der Waals surface area (Å²) < 4.78 is 27.7. The van der Waals surface area contributed by atoms with Crippen molar-refractivity contribution in [3.05, 3.63) is 59.7 Å². The van der Waals surface area contributed by atoms with Crippen molar-refractivity contribution in [3.8, 4) is 0 Å². The summed E-state index contributed by atoms with van der Waals surface area (Å²) in [7, 11) is -3.54. The number of sulfonamides is 1. The largest absolute Gasteiger partial charge is 0.329 e. The Bertz CT molecular complexity index is 952. The SMILES string of the molecule is C[C@H]1C(=O)Nc2ccc(S(=O)(=O)N3CC[NH+](Cc4ccccc4)CC3)cc21. The summed E-state index contributed by atoms with van der Waals surface area (Å²) in [5, 5.41) is 2.78. The van der Waals surface area contributed by atoms with E-state index in [4.69, 9.17) is 0 Å². The van der Waals surface area contributed by atoms with Crippen LogP contribution in [0.2, 0.25) is 0 Å². The Morgan fingerprint density at radius 2 is 1.81 bits per heavy atom. The van der Waals surface area contributed by atoms with Gasteiger partial charge in [0.25, 0.3) is 0 Å². The van der Waals surface area contributed by atoms with E-state index in [1.54, 1.807) is 29.4 Å². The topological polar surface area (TPSA) is 70.9 Å². The molecule has 142 valence electrons. The van der Waals surface area contributed by atoms with Crippen LogP contribution >= 0.6 is 0 Å². The quantitative estimate of drug-likeness (QED) is 0.818. The van der Waals surface area contributed by atoms with Crippen molar-refractivity contribution in [2.24, 2.45) is 0 Å². The predicted molar refractivity (Wildman–Crippen MR) is 103 cm³/mol. The number of quaternary nitrogens is 1. The van der Waals surface area contributed by atoms with Gasteiger partial charge in [-0.05, 0) is 30.7 Å². The molecule has 0 aliphatic carbocycles. The number of nitrogens with one attached hydrogen (secondary N) is 2. The van der Waals surface area contributed by atoms with Crippen LogP contribution in [-0.2, 0) is 21.4 Å². The molecule has 2 aromatic rings. The fraction of sp³-hybridized carbons (Fsp3) is 0.350. The van der Waals surface area contributed by atoms with Gasteiger partial charge in [-0.3, -0.25) is 4.79 Å². The number of fused-ring (bicyclic) bond motifs is 1. The van der Waals surface area contributed by atoms with Crippen molar-refractivity contribution in [1.29, 1.82) is 0 Å². The molecule has 2 aliphatic heterocycles. The molecular weight excluding hydrogens is 362 g/mol. The van der Waals surface area contributed by atoms with Gasteiger partial charge >= 0.3 is 0 Å². The Morgan fingerprint density at radius 1 is 1.11 bits per heavy atom. The van der Waals surface area contributed by atoms with E-state index in [2.05, 4.69) is 17.4 Å². The summed E-state index contributed by atoms with van der Waals surface area (Å²) in [5.41, 5.74) is 2.74. The van der Waals surface area contributed by atoms with Crippen LogP contribution in [0, 0.1) is 0 Å². The monoisotopic (exact) mass is 386 g/mol. The van der Waals surface area contributed by atoms with E-state index < -0.39 is 10.0 Å². The molecule has 4 rings (SSSR count). The minimum atomic E-state index is -3.54. The highest BCUT2D eigenvalue weighted by molar-refractivity contribution is 7.89. The number of carbonyl (C=O) groups excluding carboxylic acids is 1. The molecule has 1 fully saturated rings. The minimum Gasteiger partial charge on any atom is -0.329 e. The molecule has 0 spiro atoms. The third kappa shape index (κ3) is 3.50. The average Bonchev–Trinajstić information content (AvgIpc) is 2.97. The van der Waals surface area contributed by atoms with Gasteiger partial charge in [-0.1, -0.05) is 30.3 Å². The standard InChI is InChI=1S/C20H23N3O3S/c1-15-18-13-17(7-8-19(18)21-20(15)24)27(25,26)23-11-9-22(10-12-23)14-16-5-3-2-4-6-16/h2-8,13,15H,9-12,14H2,1H3,(H,21,24)/p+1/t15-/m1/s1. The first kappa shape index (κ1) is 18.2. The zero-order valence-corrected chi connectivity index (χ0v) is 16.1. The summed E-state index contributed by atoms with van der Waals surface area (Å²) in [5.74, 6) is -0.403. The number of carbonyl (C=O) groups is 1. The first-order valence-electron chi connectivity index (χ1n) is 9.27. The second-order valence-corrected chi connectivity index (χ2v) is 9.21. The summed E-state index contributed by atoms with van der Waals surface area (Å²) in [6.45, 7) is 5.30. The van der Waals surface area contributed by atoms with Crippen molar-refractivity contribution in [3.63, 3.8) is 0 Å². The van der Waals surface area contributed by atoms with E-state index in [9.17, 15) is 13.2 Å². The normalized spacial score (nSPS) is 21.1. The molecule has 6 nitrogen and oxygen atoms in total. The van der Waals surface area contributed by atoms with Gasteiger partial charge < -0.3 is 10.2 Å². The zero-order valence-electron chi connectivity index (χ0n) is 15.3. The number of amides is 1. The van der Waals surface area contributed by atoms with Crippen molar-refractivity contribution in [2.45, 2.75) is 24.3 Å². The third-order valence-corrected chi connectivity index (χ3v) is 7.40. The molecule has 7 heteroatoms. The summed E-state index contributed by atoms with van der Waals surface area (Å²) in [4.78, 5) is 13.5. The molecule has 1 saturated heterocycles. The number of piperazine rings is 1. The maximum atomic E-state index is 13.1. The van der Waals surface area contributed by atoms with E-state index >= 15 is 0 Å². The first-order chi connectivity index (χ1) is 12.9. The highest BCUT2D eigenvalue weighted by Gasteiger charge is 2.33. The molecular formula is C20H24N3O3S+. The molecule has 0 aromatic heterocycles. The van der Waals surface area contributed by atoms with E-state index in [1.165, 1.54) is 10.5 Å². The minimum absolute atomic E-state index is 0.0855. The lowest BCUT2D eigenvalue weighted by molar-refractivity contribution is -0.917. The van der Waals surface area contributed by atoms with Crippen LogP contribution in [0.15, 0.2) is 53.4 Å².